The number of benzene rings is 1. The van der Waals surface area contributed by atoms with Crippen molar-refractivity contribution in [2.24, 2.45) is 0 Å². The van der Waals surface area contributed by atoms with Gasteiger partial charge in [0.05, 0.1) is 22.1 Å². The van der Waals surface area contributed by atoms with Gasteiger partial charge in [-0.1, -0.05) is 23.4 Å². The maximum atomic E-state index is 10.6. The van der Waals surface area contributed by atoms with Crippen LogP contribution >= 0.6 is 11.6 Å². The fourth-order valence-corrected chi connectivity index (χ4v) is 1.28. The minimum absolute atomic E-state index is 0.0363. The van der Waals surface area contributed by atoms with E-state index in [0.29, 0.717) is 17.1 Å². The number of nitrogens with two attached hydrogens (primary N) is 1. The van der Waals surface area contributed by atoms with Crippen molar-refractivity contribution in [2.75, 3.05) is 19.3 Å². The lowest BCUT2D eigenvalue weighted by atomic mass is 10.2. The second kappa shape index (κ2) is 5.35. The summed E-state index contributed by atoms with van der Waals surface area (Å²) in [5.74, 6) is 5.50. The average molecular weight is 240 g/mol. The van der Waals surface area contributed by atoms with Gasteiger partial charge in [-0.3, -0.25) is 10.1 Å². The van der Waals surface area contributed by atoms with Crippen molar-refractivity contribution in [3.63, 3.8) is 0 Å². The van der Waals surface area contributed by atoms with Gasteiger partial charge in [-0.2, -0.15) is 0 Å². The van der Waals surface area contributed by atoms with Crippen LogP contribution in [0.3, 0.4) is 0 Å². The van der Waals surface area contributed by atoms with Crippen molar-refractivity contribution in [1.29, 1.82) is 0 Å². The molecule has 0 saturated heterocycles. The van der Waals surface area contributed by atoms with Crippen molar-refractivity contribution in [2.45, 2.75) is 0 Å². The summed E-state index contributed by atoms with van der Waals surface area (Å²) in [6, 6.07) is 2.61. The molecule has 1 aromatic carbocycles. The Morgan fingerprint density at radius 3 is 2.88 bits per heavy atom. The zero-order valence-electron chi connectivity index (χ0n) is 8.58. The summed E-state index contributed by atoms with van der Waals surface area (Å²) in [5, 5.41) is 13.8. The van der Waals surface area contributed by atoms with Crippen LogP contribution in [-0.2, 0) is 0 Å². The van der Waals surface area contributed by atoms with E-state index in [1.807, 2.05) is 0 Å². The molecule has 0 bridgehead atoms. The van der Waals surface area contributed by atoms with Crippen molar-refractivity contribution in [3.8, 4) is 11.8 Å². The second-order valence-corrected chi connectivity index (χ2v) is 3.39. The van der Waals surface area contributed by atoms with Crippen LogP contribution in [0.1, 0.15) is 5.56 Å². The van der Waals surface area contributed by atoms with Crippen molar-refractivity contribution in [3.05, 3.63) is 32.8 Å². The highest BCUT2D eigenvalue weighted by molar-refractivity contribution is 6.32. The van der Waals surface area contributed by atoms with Crippen LogP contribution in [0, 0.1) is 22.0 Å². The van der Waals surface area contributed by atoms with Crippen LogP contribution in [0.5, 0.6) is 0 Å². The van der Waals surface area contributed by atoms with Gasteiger partial charge in [0.25, 0.3) is 5.69 Å². The minimum Gasteiger partial charge on any atom is -0.393 e. The maximum absolute atomic E-state index is 10.6. The first kappa shape index (κ1) is 12.3. The molecule has 0 aliphatic carbocycles. The molecule has 0 fully saturated rings. The van der Waals surface area contributed by atoms with E-state index in [2.05, 4.69) is 17.2 Å². The fraction of sp³-hybridized carbons (Fsp3) is 0.200. The Balaban J connectivity index is 3.16. The van der Waals surface area contributed by atoms with Crippen molar-refractivity contribution in [1.82, 2.24) is 5.32 Å². The molecule has 0 saturated carbocycles. The van der Waals surface area contributed by atoms with E-state index in [1.54, 1.807) is 7.05 Å². The van der Waals surface area contributed by atoms with Gasteiger partial charge in [-0.15, -0.1) is 0 Å². The van der Waals surface area contributed by atoms with E-state index in [1.165, 1.54) is 12.1 Å². The number of anilines is 1. The van der Waals surface area contributed by atoms with Gasteiger partial charge in [0.1, 0.15) is 5.69 Å². The Bertz CT molecular complexity index is 477. The smallest absolute Gasteiger partial charge is 0.293 e. The molecule has 84 valence electrons. The number of hydrogen-bond donors (Lipinski definition) is 2. The van der Waals surface area contributed by atoms with Gasteiger partial charge < -0.3 is 11.1 Å². The lowest BCUT2D eigenvalue weighted by molar-refractivity contribution is -0.383. The summed E-state index contributed by atoms with van der Waals surface area (Å²) in [6.07, 6.45) is 0. The lowest BCUT2D eigenvalue weighted by Gasteiger charge is -2.00. The first-order valence-corrected chi connectivity index (χ1v) is 4.81. The molecule has 0 aliphatic rings. The summed E-state index contributed by atoms with van der Waals surface area (Å²) in [4.78, 5) is 10.1. The molecule has 1 rings (SSSR count). The molecule has 5 nitrogen and oxygen atoms in total. The summed E-state index contributed by atoms with van der Waals surface area (Å²) >= 11 is 5.86. The number of rotatable bonds is 2. The molecular weight excluding hydrogens is 230 g/mol. The SMILES string of the molecule is CNCC#Cc1cc([N+](=O)[O-])c(N)cc1Cl. The van der Waals surface area contributed by atoms with E-state index >= 15 is 0 Å². The van der Waals surface area contributed by atoms with Gasteiger partial charge in [0.2, 0.25) is 0 Å². The third-order valence-corrected chi connectivity index (χ3v) is 2.11. The van der Waals surface area contributed by atoms with Crippen LogP contribution < -0.4 is 11.1 Å². The Labute approximate surface area is 97.7 Å². The van der Waals surface area contributed by atoms with E-state index in [4.69, 9.17) is 17.3 Å². The molecule has 0 unspecified atom stereocenters. The zero-order valence-corrected chi connectivity index (χ0v) is 9.34. The normalized spacial score (nSPS) is 9.38. The maximum Gasteiger partial charge on any atom is 0.293 e. The molecule has 16 heavy (non-hydrogen) atoms. The van der Waals surface area contributed by atoms with Crippen molar-refractivity contribution >= 4 is 23.0 Å². The standard InChI is InChI=1S/C10H10ClN3O2/c1-13-4-2-3-7-5-10(14(15)16)9(12)6-8(7)11/h5-6,13H,4,12H2,1H3. The zero-order chi connectivity index (χ0) is 12.1. The first-order chi connectivity index (χ1) is 7.56. The van der Waals surface area contributed by atoms with Crippen LogP contribution in [-0.4, -0.2) is 18.5 Å². The Morgan fingerprint density at radius 2 is 2.31 bits per heavy atom. The number of halogens is 1. The molecule has 3 N–H and O–H groups in total. The highest BCUT2D eigenvalue weighted by Gasteiger charge is 2.14. The van der Waals surface area contributed by atoms with Crippen LogP contribution in [0.2, 0.25) is 5.02 Å². The Morgan fingerprint density at radius 1 is 1.62 bits per heavy atom. The number of nitro groups is 1. The molecule has 0 atom stereocenters. The average Bonchev–Trinajstić information content (AvgIpc) is 2.21. The Hall–Kier alpha value is -1.77. The molecule has 0 aromatic heterocycles. The van der Waals surface area contributed by atoms with Crippen LogP contribution in [0.25, 0.3) is 0 Å². The summed E-state index contributed by atoms with van der Waals surface area (Å²) in [7, 11) is 1.75. The lowest BCUT2D eigenvalue weighted by Crippen LogP contribution is -2.04. The topological polar surface area (TPSA) is 81.2 Å². The number of hydrogen-bond acceptors (Lipinski definition) is 4. The third-order valence-electron chi connectivity index (χ3n) is 1.80. The van der Waals surface area contributed by atoms with E-state index in [0.717, 1.165) is 0 Å². The molecule has 0 radical (unpaired) electrons. The predicted octanol–water partition coefficient (Wildman–Crippen LogP) is 1.40. The highest BCUT2D eigenvalue weighted by atomic mass is 35.5. The fourth-order valence-electron chi connectivity index (χ4n) is 1.06. The number of nitrogens with zero attached hydrogens (tertiary/aromatic N) is 1. The van der Waals surface area contributed by atoms with Crippen LogP contribution in [0.4, 0.5) is 11.4 Å². The van der Waals surface area contributed by atoms with Gasteiger partial charge in [-0.25, -0.2) is 0 Å². The molecule has 0 aliphatic heterocycles. The van der Waals surface area contributed by atoms with Crippen molar-refractivity contribution < 1.29 is 4.92 Å². The number of nitro benzene ring substituents is 1. The molecule has 0 heterocycles. The molecular formula is C10H10ClN3O2. The highest BCUT2D eigenvalue weighted by Crippen LogP contribution is 2.28. The van der Waals surface area contributed by atoms with Crippen LogP contribution in [0.15, 0.2) is 12.1 Å². The monoisotopic (exact) mass is 239 g/mol. The predicted molar refractivity (Wildman–Crippen MR) is 63.3 cm³/mol. The van der Waals surface area contributed by atoms with E-state index < -0.39 is 4.92 Å². The molecule has 0 spiro atoms. The van der Waals surface area contributed by atoms with Gasteiger partial charge >= 0.3 is 0 Å². The largest absolute Gasteiger partial charge is 0.393 e. The molecule has 1 aromatic rings. The van der Waals surface area contributed by atoms with Gasteiger partial charge in [0.15, 0.2) is 0 Å². The summed E-state index contributed by atoms with van der Waals surface area (Å²) in [5.41, 5.74) is 5.71. The number of nitrogen functional groups attached to an aromatic ring is 1. The molecule has 0 amide bonds. The van der Waals surface area contributed by atoms with Gasteiger partial charge in [0, 0.05) is 6.07 Å². The third kappa shape index (κ3) is 2.86. The van der Waals surface area contributed by atoms with E-state index in [9.17, 15) is 10.1 Å². The number of nitrogens with one attached hydrogen (secondary N) is 1. The van der Waals surface area contributed by atoms with E-state index in [-0.39, 0.29) is 11.4 Å². The summed E-state index contributed by atoms with van der Waals surface area (Å²) < 4.78 is 0. The van der Waals surface area contributed by atoms with Gasteiger partial charge in [-0.05, 0) is 13.1 Å². The molecule has 6 heteroatoms. The Kier molecular flexibility index (Phi) is 4.11. The minimum atomic E-state index is -0.561. The summed E-state index contributed by atoms with van der Waals surface area (Å²) in [6.45, 7) is 0.481. The second-order valence-electron chi connectivity index (χ2n) is 2.98. The quantitative estimate of drug-likeness (QED) is 0.354. The first-order valence-electron chi connectivity index (χ1n) is 4.43.